The molecule has 1 aromatic rings. The van der Waals surface area contributed by atoms with Crippen molar-refractivity contribution in [2.75, 3.05) is 13.1 Å². The van der Waals surface area contributed by atoms with Crippen molar-refractivity contribution in [2.24, 2.45) is 17.3 Å². The summed E-state index contributed by atoms with van der Waals surface area (Å²) < 4.78 is 0. The van der Waals surface area contributed by atoms with Crippen molar-refractivity contribution in [3.63, 3.8) is 0 Å². The SMILES string of the molecule is C[C@@H]1[C@H](O)CC[C@@]2(C)CN(Cc3ccccc3)CC[C@H]12. The van der Waals surface area contributed by atoms with Crippen molar-refractivity contribution in [2.45, 2.75) is 45.8 Å². The lowest BCUT2D eigenvalue weighted by Crippen LogP contribution is -2.53. The fraction of sp³-hybridized carbons (Fsp3) is 0.667. The van der Waals surface area contributed by atoms with Gasteiger partial charge in [0.25, 0.3) is 0 Å². The van der Waals surface area contributed by atoms with Crippen LogP contribution in [-0.4, -0.2) is 29.2 Å². The molecule has 3 rings (SSSR count). The Balaban J connectivity index is 1.68. The van der Waals surface area contributed by atoms with Gasteiger partial charge in [0.05, 0.1) is 6.10 Å². The topological polar surface area (TPSA) is 23.5 Å². The number of aliphatic hydroxyl groups is 1. The van der Waals surface area contributed by atoms with Gasteiger partial charge in [0.2, 0.25) is 0 Å². The minimum absolute atomic E-state index is 0.0752. The van der Waals surface area contributed by atoms with Crippen molar-refractivity contribution in [3.8, 4) is 0 Å². The van der Waals surface area contributed by atoms with Gasteiger partial charge in [0.15, 0.2) is 0 Å². The Hall–Kier alpha value is -0.860. The molecule has 2 heteroatoms. The van der Waals surface area contributed by atoms with Crippen LogP contribution in [-0.2, 0) is 6.54 Å². The molecule has 2 aliphatic rings. The molecule has 1 aromatic carbocycles. The summed E-state index contributed by atoms with van der Waals surface area (Å²) in [5.74, 6) is 1.16. The van der Waals surface area contributed by atoms with Crippen LogP contribution in [0.3, 0.4) is 0 Å². The van der Waals surface area contributed by atoms with Gasteiger partial charge < -0.3 is 5.11 Å². The summed E-state index contributed by atoms with van der Waals surface area (Å²) in [5, 5.41) is 10.1. The molecule has 0 radical (unpaired) electrons. The van der Waals surface area contributed by atoms with E-state index in [0.29, 0.717) is 17.3 Å². The van der Waals surface area contributed by atoms with Crippen LogP contribution in [0.1, 0.15) is 38.7 Å². The molecule has 0 bridgehead atoms. The third-order valence-corrected chi connectivity index (χ3v) is 5.74. The van der Waals surface area contributed by atoms with E-state index in [0.717, 1.165) is 13.0 Å². The van der Waals surface area contributed by atoms with Gasteiger partial charge >= 0.3 is 0 Å². The average Bonchev–Trinajstić information content (AvgIpc) is 2.44. The van der Waals surface area contributed by atoms with Crippen LogP contribution in [0.15, 0.2) is 30.3 Å². The maximum absolute atomic E-state index is 10.1. The van der Waals surface area contributed by atoms with E-state index in [1.807, 2.05) is 0 Å². The van der Waals surface area contributed by atoms with Crippen LogP contribution in [0.5, 0.6) is 0 Å². The van der Waals surface area contributed by atoms with Crippen molar-refractivity contribution in [1.82, 2.24) is 4.90 Å². The third kappa shape index (κ3) is 2.64. The van der Waals surface area contributed by atoms with Crippen molar-refractivity contribution < 1.29 is 5.11 Å². The van der Waals surface area contributed by atoms with E-state index in [4.69, 9.17) is 0 Å². The Morgan fingerprint density at radius 1 is 1.25 bits per heavy atom. The van der Waals surface area contributed by atoms with Gasteiger partial charge in [-0.05, 0) is 48.6 Å². The van der Waals surface area contributed by atoms with E-state index in [9.17, 15) is 5.11 Å². The van der Waals surface area contributed by atoms with E-state index in [2.05, 4.69) is 49.1 Å². The quantitative estimate of drug-likeness (QED) is 0.893. The first-order valence-electron chi connectivity index (χ1n) is 8.03. The van der Waals surface area contributed by atoms with Crippen LogP contribution in [0.25, 0.3) is 0 Å². The standard InChI is InChI=1S/C18H27NO/c1-14-16-9-11-19(12-15-6-4-3-5-7-15)13-18(16,2)10-8-17(14)20/h3-7,14,16-17,20H,8-13H2,1-2H3/t14-,16+,17+,18-/m0/s1. The molecule has 0 unspecified atom stereocenters. The monoisotopic (exact) mass is 273 g/mol. The van der Waals surface area contributed by atoms with Gasteiger partial charge in [-0.25, -0.2) is 0 Å². The first kappa shape index (κ1) is 14.1. The second kappa shape index (κ2) is 5.50. The van der Waals surface area contributed by atoms with Gasteiger partial charge in [0.1, 0.15) is 0 Å². The van der Waals surface area contributed by atoms with Gasteiger partial charge in [-0.15, -0.1) is 0 Å². The lowest BCUT2D eigenvalue weighted by molar-refractivity contribution is -0.0784. The molecular weight excluding hydrogens is 246 g/mol. The van der Waals surface area contributed by atoms with E-state index in [1.165, 1.54) is 31.5 Å². The molecule has 2 fully saturated rings. The van der Waals surface area contributed by atoms with Gasteiger partial charge in [0, 0.05) is 13.1 Å². The third-order valence-electron chi connectivity index (χ3n) is 5.74. The number of hydrogen-bond donors (Lipinski definition) is 1. The van der Waals surface area contributed by atoms with Crippen LogP contribution in [0.2, 0.25) is 0 Å². The highest BCUT2D eigenvalue weighted by Crippen LogP contribution is 2.48. The summed E-state index contributed by atoms with van der Waals surface area (Å²) in [6.45, 7) is 8.12. The Bertz CT molecular complexity index is 446. The second-order valence-corrected chi connectivity index (χ2v) is 7.21. The largest absolute Gasteiger partial charge is 0.393 e. The average molecular weight is 273 g/mol. The zero-order chi connectivity index (χ0) is 14.2. The van der Waals surface area contributed by atoms with Crippen LogP contribution in [0, 0.1) is 17.3 Å². The molecule has 0 spiro atoms. The number of benzene rings is 1. The van der Waals surface area contributed by atoms with Crippen LogP contribution < -0.4 is 0 Å². The fourth-order valence-corrected chi connectivity index (χ4v) is 4.52. The number of rotatable bonds is 2. The lowest BCUT2D eigenvalue weighted by atomic mass is 9.59. The molecule has 0 aromatic heterocycles. The predicted molar refractivity (Wildman–Crippen MR) is 82.3 cm³/mol. The molecule has 1 N–H and O–H groups in total. The summed E-state index contributed by atoms with van der Waals surface area (Å²) >= 11 is 0. The zero-order valence-corrected chi connectivity index (χ0v) is 12.8. The van der Waals surface area contributed by atoms with E-state index >= 15 is 0 Å². The highest BCUT2D eigenvalue weighted by molar-refractivity contribution is 5.14. The first-order chi connectivity index (χ1) is 9.58. The molecule has 110 valence electrons. The van der Waals surface area contributed by atoms with Crippen LogP contribution in [0.4, 0.5) is 0 Å². The van der Waals surface area contributed by atoms with Crippen LogP contribution >= 0.6 is 0 Å². The minimum atomic E-state index is -0.0752. The maximum atomic E-state index is 10.1. The van der Waals surface area contributed by atoms with E-state index in [-0.39, 0.29) is 6.10 Å². The molecular formula is C18H27NO. The minimum Gasteiger partial charge on any atom is -0.393 e. The molecule has 20 heavy (non-hydrogen) atoms. The number of aliphatic hydroxyl groups excluding tert-OH is 1. The van der Waals surface area contributed by atoms with Gasteiger partial charge in [-0.2, -0.15) is 0 Å². The molecule has 4 atom stereocenters. The molecule has 1 heterocycles. The highest BCUT2D eigenvalue weighted by Gasteiger charge is 2.46. The Kier molecular flexibility index (Phi) is 3.87. The normalized spacial score (nSPS) is 38.5. The molecule has 1 aliphatic heterocycles. The van der Waals surface area contributed by atoms with Crippen molar-refractivity contribution >= 4 is 0 Å². The molecule has 2 nitrogen and oxygen atoms in total. The van der Waals surface area contributed by atoms with Crippen molar-refractivity contribution in [1.29, 1.82) is 0 Å². The summed E-state index contributed by atoms with van der Waals surface area (Å²) in [7, 11) is 0. The number of likely N-dealkylation sites (tertiary alicyclic amines) is 1. The Labute approximate surface area is 122 Å². The molecule has 1 saturated carbocycles. The molecule has 1 aliphatic carbocycles. The smallest absolute Gasteiger partial charge is 0.0568 e. The summed E-state index contributed by atoms with van der Waals surface area (Å²) in [5.41, 5.74) is 1.81. The van der Waals surface area contributed by atoms with Gasteiger partial charge in [-0.3, -0.25) is 4.90 Å². The zero-order valence-electron chi connectivity index (χ0n) is 12.8. The summed E-state index contributed by atoms with van der Waals surface area (Å²) in [6.07, 6.45) is 3.32. The Morgan fingerprint density at radius 2 is 2.00 bits per heavy atom. The van der Waals surface area contributed by atoms with E-state index < -0.39 is 0 Å². The fourth-order valence-electron chi connectivity index (χ4n) is 4.52. The number of hydrogen-bond acceptors (Lipinski definition) is 2. The number of piperidine rings is 1. The molecule has 0 amide bonds. The Morgan fingerprint density at radius 3 is 2.75 bits per heavy atom. The highest BCUT2D eigenvalue weighted by atomic mass is 16.3. The lowest BCUT2D eigenvalue weighted by Gasteiger charge is -2.53. The summed E-state index contributed by atoms with van der Waals surface area (Å²) in [6, 6.07) is 10.8. The second-order valence-electron chi connectivity index (χ2n) is 7.21. The maximum Gasteiger partial charge on any atom is 0.0568 e. The van der Waals surface area contributed by atoms with Crippen molar-refractivity contribution in [3.05, 3.63) is 35.9 Å². The number of nitrogens with zero attached hydrogens (tertiary/aromatic N) is 1. The van der Waals surface area contributed by atoms with Gasteiger partial charge in [-0.1, -0.05) is 44.2 Å². The predicted octanol–water partition coefficient (Wildman–Crippen LogP) is 3.31. The number of fused-ring (bicyclic) bond motifs is 1. The first-order valence-corrected chi connectivity index (χ1v) is 8.03. The summed E-state index contributed by atoms with van der Waals surface area (Å²) in [4.78, 5) is 2.61. The molecule has 1 saturated heterocycles. The van der Waals surface area contributed by atoms with E-state index in [1.54, 1.807) is 0 Å².